The fourth-order valence-corrected chi connectivity index (χ4v) is 3.59. The molecule has 0 fully saturated rings. The molecule has 0 aliphatic rings. The molecular formula is C21H24BrClN2O3. The highest BCUT2D eigenvalue weighted by atomic mass is 79.9. The van der Waals surface area contributed by atoms with Crippen LogP contribution in [0.5, 0.6) is 5.75 Å². The highest BCUT2D eigenvalue weighted by molar-refractivity contribution is 9.10. The predicted octanol–water partition coefficient (Wildman–Crippen LogP) is 4.34. The van der Waals surface area contributed by atoms with Crippen molar-refractivity contribution >= 4 is 39.3 Å². The van der Waals surface area contributed by atoms with Crippen molar-refractivity contribution in [2.24, 2.45) is 0 Å². The normalized spacial score (nSPS) is 11.6. The summed E-state index contributed by atoms with van der Waals surface area (Å²) in [4.78, 5) is 26.9. The number of ether oxygens (including phenoxy) is 1. The third-order valence-electron chi connectivity index (χ3n) is 4.35. The number of nitrogens with one attached hydrogen (secondary N) is 1. The number of rotatable bonds is 8. The van der Waals surface area contributed by atoms with E-state index in [0.29, 0.717) is 28.2 Å². The second-order valence-electron chi connectivity index (χ2n) is 6.41. The van der Waals surface area contributed by atoms with Crippen LogP contribution in [0.2, 0.25) is 5.02 Å². The fourth-order valence-electron chi connectivity index (χ4n) is 2.79. The Morgan fingerprint density at radius 2 is 1.89 bits per heavy atom. The van der Waals surface area contributed by atoms with E-state index in [9.17, 15) is 9.59 Å². The van der Waals surface area contributed by atoms with Gasteiger partial charge in [0.15, 0.2) is 6.61 Å². The standard InChI is InChI=1S/C21H24BrClN2O3/c1-4-18(21(27)24-3)25(12-15-7-5-14(2)6-8-15)20(26)13-28-19-10-9-16(23)11-17(19)22/h5-11,18H,4,12-13H2,1-3H3,(H,24,27)/t18-/m0/s1. The molecule has 0 aromatic heterocycles. The molecule has 2 aromatic rings. The minimum absolute atomic E-state index is 0.181. The molecule has 1 N–H and O–H groups in total. The zero-order valence-electron chi connectivity index (χ0n) is 16.2. The number of carbonyl (C=O) groups is 2. The second-order valence-corrected chi connectivity index (χ2v) is 7.70. The summed E-state index contributed by atoms with van der Waals surface area (Å²) in [6, 6.07) is 12.4. The van der Waals surface area contributed by atoms with E-state index in [1.54, 1.807) is 30.1 Å². The number of likely N-dealkylation sites (N-methyl/N-ethyl adjacent to an activating group) is 1. The number of hydrogen-bond donors (Lipinski definition) is 1. The van der Waals surface area contributed by atoms with Gasteiger partial charge in [-0.3, -0.25) is 9.59 Å². The molecule has 2 amide bonds. The van der Waals surface area contributed by atoms with Gasteiger partial charge in [0.2, 0.25) is 5.91 Å². The van der Waals surface area contributed by atoms with Crippen molar-refractivity contribution in [2.75, 3.05) is 13.7 Å². The van der Waals surface area contributed by atoms with E-state index in [-0.39, 0.29) is 18.4 Å². The highest BCUT2D eigenvalue weighted by Crippen LogP contribution is 2.28. The first kappa shape index (κ1) is 22.2. The van der Waals surface area contributed by atoms with Crippen molar-refractivity contribution in [3.05, 3.63) is 63.1 Å². The van der Waals surface area contributed by atoms with Gasteiger partial charge in [-0.05, 0) is 53.0 Å². The summed E-state index contributed by atoms with van der Waals surface area (Å²) in [5.74, 6) is 0.0505. The SMILES string of the molecule is CC[C@@H](C(=O)NC)N(Cc1ccc(C)cc1)C(=O)COc1ccc(Cl)cc1Br. The van der Waals surface area contributed by atoms with Crippen LogP contribution in [0.15, 0.2) is 46.9 Å². The zero-order chi connectivity index (χ0) is 20.7. The minimum atomic E-state index is -0.573. The molecule has 1 atom stereocenters. The van der Waals surface area contributed by atoms with Gasteiger partial charge in [0, 0.05) is 18.6 Å². The van der Waals surface area contributed by atoms with Crippen molar-refractivity contribution in [1.29, 1.82) is 0 Å². The molecule has 2 aromatic carbocycles. The fraction of sp³-hybridized carbons (Fsp3) is 0.333. The first-order chi connectivity index (χ1) is 13.3. The van der Waals surface area contributed by atoms with Gasteiger partial charge in [0.05, 0.1) is 4.47 Å². The largest absolute Gasteiger partial charge is 0.483 e. The van der Waals surface area contributed by atoms with Crippen LogP contribution in [-0.4, -0.2) is 36.4 Å². The van der Waals surface area contributed by atoms with Gasteiger partial charge < -0.3 is 15.0 Å². The van der Waals surface area contributed by atoms with E-state index >= 15 is 0 Å². The molecule has 2 rings (SSSR count). The molecule has 0 spiro atoms. The molecule has 0 bridgehead atoms. The van der Waals surface area contributed by atoms with Gasteiger partial charge in [0.25, 0.3) is 5.91 Å². The molecule has 0 saturated heterocycles. The minimum Gasteiger partial charge on any atom is -0.483 e. The lowest BCUT2D eigenvalue weighted by atomic mass is 10.1. The van der Waals surface area contributed by atoms with Gasteiger partial charge in [-0.2, -0.15) is 0 Å². The molecule has 7 heteroatoms. The van der Waals surface area contributed by atoms with Crippen LogP contribution in [0.1, 0.15) is 24.5 Å². The topological polar surface area (TPSA) is 58.6 Å². The van der Waals surface area contributed by atoms with Gasteiger partial charge in [-0.1, -0.05) is 48.4 Å². The van der Waals surface area contributed by atoms with Crippen molar-refractivity contribution in [3.8, 4) is 5.75 Å². The quantitative estimate of drug-likeness (QED) is 0.628. The maximum atomic E-state index is 13.0. The lowest BCUT2D eigenvalue weighted by molar-refractivity contribution is -0.142. The average Bonchev–Trinajstić information content (AvgIpc) is 2.68. The van der Waals surface area contributed by atoms with E-state index in [1.807, 2.05) is 38.1 Å². The second kappa shape index (κ2) is 10.5. The van der Waals surface area contributed by atoms with Crippen molar-refractivity contribution in [1.82, 2.24) is 10.2 Å². The summed E-state index contributed by atoms with van der Waals surface area (Å²) in [7, 11) is 1.57. The third-order valence-corrected chi connectivity index (χ3v) is 5.21. The van der Waals surface area contributed by atoms with E-state index < -0.39 is 6.04 Å². The number of halogens is 2. The Kier molecular flexibility index (Phi) is 8.33. The Bertz CT molecular complexity index is 827. The Labute approximate surface area is 179 Å². The summed E-state index contributed by atoms with van der Waals surface area (Å²) in [5.41, 5.74) is 2.09. The molecule has 0 unspecified atom stereocenters. The number of aryl methyl sites for hydroxylation is 1. The summed E-state index contributed by atoms with van der Waals surface area (Å²) < 4.78 is 6.33. The van der Waals surface area contributed by atoms with Crippen LogP contribution in [-0.2, 0) is 16.1 Å². The average molecular weight is 468 g/mol. The van der Waals surface area contributed by atoms with Crippen LogP contribution >= 0.6 is 27.5 Å². The van der Waals surface area contributed by atoms with E-state index in [1.165, 1.54) is 0 Å². The van der Waals surface area contributed by atoms with Crippen LogP contribution in [0.4, 0.5) is 0 Å². The van der Waals surface area contributed by atoms with Gasteiger partial charge in [0.1, 0.15) is 11.8 Å². The van der Waals surface area contributed by atoms with Crippen LogP contribution in [0, 0.1) is 6.92 Å². The van der Waals surface area contributed by atoms with E-state index in [2.05, 4.69) is 21.2 Å². The molecule has 150 valence electrons. The monoisotopic (exact) mass is 466 g/mol. The highest BCUT2D eigenvalue weighted by Gasteiger charge is 2.28. The van der Waals surface area contributed by atoms with E-state index in [4.69, 9.17) is 16.3 Å². The molecule has 0 aliphatic carbocycles. The first-order valence-electron chi connectivity index (χ1n) is 9.00. The lowest BCUT2D eigenvalue weighted by Crippen LogP contribution is -2.49. The molecule has 0 radical (unpaired) electrons. The number of carbonyl (C=O) groups excluding carboxylic acids is 2. The zero-order valence-corrected chi connectivity index (χ0v) is 18.5. The molecule has 0 aliphatic heterocycles. The maximum absolute atomic E-state index is 13.0. The van der Waals surface area contributed by atoms with Crippen LogP contribution in [0.25, 0.3) is 0 Å². The molecule has 5 nitrogen and oxygen atoms in total. The van der Waals surface area contributed by atoms with Crippen molar-refractivity contribution in [3.63, 3.8) is 0 Å². The molecular weight excluding hydrogens is 444 g/mol. The van der Waals surface area contributed by atoms with Crippen molar-refractivity contribution < 1.29 is 14.3 Å². The Morgan fingerprint density at radius 1 is 1.21 bits per heavy atom. The predicted molar refractivity (Wildman–Crippen MR) is 115 cm³/mol. The van der Waals surface area contributed by atoms with Crippen molar-refractivity contribution in [2.45, 2.75) is 32.9 Å². The summed E-state index contributed by atoms with van der Waals surface area (Å²) in [5, 5.41) is 3.21. The Balaban J connectivity index is 2.19. The lowest BCUT2D eigenvalue weighted by Gasteiger charge is -2.30. The molecule has 0 heterocycles. The maximum Gasteiger partial charge on any atom is 0.261 e. The Hall–Kier alpha value is -2.05. The van der Waals surface area contributed by atoms with Crippen LogP contribution in [0.3, 0.4) is 0 Å². The van der Waals surface area contributed by atoms with Crippen LogP contribution < -0.4 is 10.1 Å². The Morgan fingerprint density at radius 3 is 2.46 bits per heavy atom. The first-order valence-corrected chi connectivity index (χ1v) is 10.2. The molecule has 28 heavy (non-hydrogen) atoms. The van der Waals surface area contributed by atoms with Gasteiger partial charge >= 0.3 is 0 Å². The summed E-state index contributed by atoms with van der Waals surface area (Å²) in [6.07, 6.45) is 0.502. The molecule has 0 saturated carbocycles. The van der Waals surface area contributed by atoms with Gasteiger partial charge in [-0.25, -0.2) is 0 Å². The number of nitrogens with zero attached hydrogens (tertiary/aromatic N) is 1. The number of amides is 2. The smallest absolute Gasteiger partial charge is 0.261 e. The number of hydrogen-bond acceptors (Lipinski definition) is 3. The number of benzene rings is 2. The van der Waals surface area contributed by atoms with E-state index in [0.717, 1.165) is 11.1 Å². The summed E-state index contributed by atoms with van der Waals surface area (Å²) in [6.45, 7) is 4.03. The third kappa shape index (κ3) is 5.97. The summed E-state index contributed by atoms with van der Waals surface area (Å²) >= 11 is 9.31. The van der Waals surface area contributed by atoms with Gasteiger partial charge in [-0.15, -0.1) is 0 Å².